The maximum absolute atomic E-state index is 5.40. The van der Waals surface area contributed by atoms with Crippen molar-refractivity contribution in [2.45, 2.75) is 13.8 Å². The van der Waals surface area contributed by atoms with Gasteiger partial charge in [0.1, 0.15) is 10.4 Å². The van der Waals surface area contributed by atoms with E-state index < -0.39 is 0 Å². The SMILES string of the molecule is CCOCCN(CCOCC)c1cccc(Br)n1. The second-order valence-corrected chi connectivity index (χ2v) is 4.51. The molecule has 1 heterocycles. The first-order valence-corrected chi connectivity index (χ1v) is 7.10. The lowest BCUT2D eigenvalue weighted by Crippen LogP contribution is -2.31. The van der Waals surface area contributed by atoms with Crippen molar-refractivity contribution in [2.75, 3.05) is 44.4 Å². The average molecular weight is 317 g/mol. The fraction of sp³-hybridized carbons (Fsp3) is 0.615. The van der Waals surface area contributed by atoms with E-state index in [0.717, 1.165) is 36.7 Å². The highest BCUT2D eigenvalue weighted by molar-refractivity contribution is 9.10. The van der Waals surface area contributed by atoms with Crippen LogP contribution in [0.4, 0.5) is 5.82 Å². The highest BCUT2D eigenvalue weighted by Gasteiger charge is 2.08. The molecule has 0 aromatic carbocycles. The van der Waals surface area contributed by atoms with Crippen LogP contribution in [0, 0.1) is 0 Å². The quantitative estimate of drug-likeness (QED) is 0.518. The Kier molecular flexibility index (Phi) is 7.96. The largest absolute Gasteiger partial charge is 0.380 e. The first-order chi connectivity index (χ1) is 8.77. The Morgan fingerprint density at radius 3 is 2.22 bits per heavy atom. The second kappa shape index (κ2) is 9.30. The number of aromatic nitrogens is 1. The molecule has 0 amide bonds. The first-order valence-electron chi connectivity index (χ1n) is 6.31. The zero-order valence-electron chi connectivity index (χ0n) is 11.1. The summed E-state index contributed by atoms with van der Waals surface area (Å²) in [5.41, 5.74) is 0. The van der Waals surface area contributed by atoms with E-state index in [2.05, 4.69) is 25.8 Å². The Labute approximate surface area is 117 Å². The average Bonchev–Trinajstić information content (AvgIpc) is 2.37. The Bertz CT molecular complexity index is 327. The molecule has 102 valence electrons. The highest BCUT2D eigenvalue weighted by atomic mass is 79.9. The fourth-order valence-corrected chi connectivity index (χ4v) is 1.89. The van der Waals surface area contributed by atoms with Crippen LogP contribution < -0.4 is 4.90 Å². The molecule has 4 nitrogen and oxygen atoms in total. The number of ether oxygens (including phenoxy) is 2. The van der Waals surface area contributed by atoms with Crippen LogP contribution in [-0.4, -0.2) is 44.5 Å². The molecule has 1 aromatic rings. The van der Waals surface area contributed by atoms with Crippen molar-refractivity contribution in [1.29, 1.82) is 0 Å². The van der Waals surface area contributed by atoms with E-state index in [1.54, 1.807) is 0 Å². The summed E-state index contributed by atoms with van der Waals surface area (Å²) in [7, 11) is 0. The maximum Gasteiger partial charge on any atom is 0.130 e. The number of anilines is 1. The van der Waals surface area contributed by atoms with Crippen molar-refractivity contribution in [1.82, 2.24) is 4.98 Å². The molecule has 5 heteroatoms. The molecule has 0 aliphatic rings. The lowest BCUT2D eigenvalue weighted by molar-refractivity contribution is 0.141. The van der Waals surface area contributed by atoms with E-state index in [9.17, 15) is 0 Å². The maximum atomic E-state index is 5.40. The summed E-state index contributed by atoms with van der Waals surface area (Å²) < 4.78 is 11.6. The molecule has 0 aliphatic carbocycles. The van der Waals surface area contributed by atoms with Gasteiger partial charge in [0.25, 0.3) is 0 Å². The van der Waals surface area contributed by atoms with E-state index in [4.69, 9.17) is 9.47 Å². The zero-order valence-corrected chi connectivity index (χ0v) is 12.6. The van der Waals surface area contributed by atoms with E-state index in [-0.39, 0.29) is 0 Å². The molecule has 0 spiro atoms. The fourth-order valence-electron chi connectivity index (χ4n) is 1.55. The molecule has 0 aliphatic heterocycles. The van der Waals surface area contributed by atoms with Gasteiger partial charge in [0.15, 0.2) is 0 Å². The summed E-state index contributed by atoms with van der Waals surface area (Å²) in [6.07, 6.45) is 0. The van der Waals surface area contributed by atoms with E-state index in [1.165, 1.54) is 0 Å². The number of halogens is 1. The lowest BCUT2D eigenvalue weighted by Gasteiger charge is -2.23. The van der Waals surface area contributed by atoms with Gasteiger partial charge < -0.3 is 14.4 Å². The summed E-state index contributed by atoms with van der Waals surface area (Å²) in [4.78, 5) is 6.64. The Morgan fingerprint density at radius 2 is 1.72 bits per heavy atom. The van der Waals surface area contributed by atoms with Crippen LogP contribution in [0.15, 0.2) is 22.8 Å². The summed E-state index contributed by atoms with van der Waals surface area (Å²) >= 11 is 3.39. The smallest absolute Gasteiger partial charge is 0.130 e. The number of pyridine rings is 1. The lowest BCUT2D eigenvalue weighted by atomic mass is 10.4. The van der Waals surface area contributed by atoms with Crippen LogP contribution in [0.5, 0.6) is 0 Å². The first kappa shape index (κ1) is 15.4. The standard InChI is InChI=1S/C13H21BrN2O2/c1-3-17-10-8-16(9-11-18-4-2)13-7-5-6-12(14)15-13/h5-7H,3-4,8-11H2,1-2H3. The molecule has 0 unspecified atom stereocenters. The normalized spacial score (nSPS) is 10.6. The van der Waals surface area contributed by atoms with Gasteiger partial charge in [-0.3, -0.25) is 0 Å². The van der Waals surface area contributed by atoms with Gasteiger partial charge in [0, 0.05) is 26.3 Å². The predicted molar refractivity (Wildman–Crippen MR) is 77.1 cm³/mol. The van der Waals surface area contributed by atoms with Crippen molar-refractivity contribution in [3.8, 4) is 0 Å². The van der Waals surface area contributed by atoms with Crippen LogP contribution in [0.1, 0.15) is 13.8 Å². The van der Waals surface area contributed by atoms with Crippen molar-refractivity contribution in [3.05, 3.63) is 22.8 Å². The van der Waals surface area contributed by atoms with Crippen molar-refractivity contribution < 1.29 is 9.47 Å². The summed E-state index contributed by atoms with van der Waals surface area (Å²) in [5, 5.41) is 0. The molecule has 0 atom stereocenters. The third-order valence-electron chi connectivity index (χ3n) is 2.44. The highest BCUT2D eigenvalue weighted by Crippen LogP contribution is 2.14. The van der Waals surface area contributed by atoms with Crippen LogP contribution in [0.3, 0.4) is 0 Å². The topological polar surface area (TPSA) is 34.6 Å². The van der Waals surface area contributed by atoms with Crippen molar-refractivity contribution >= 4 is 21.7 Å². The van der Waals surface area contributed by atoms with Crippen molar-refractivity contribution in [3.63, 3.8) is 0 Å². The van der Waals surface area contributed by atoms with Gasteiger partial charge in [-0.2, -0.15) is 0 Å². The second-order valence-electron chi connectivity index (χ2n) is 3.70. The van der Waals surface area contributed by atoms with Gasteiger partial charge >= 0.3 is 0 Å². The van der Waals surface area contributed by atoms with Gasteiger partial charge in [-0.1, -0.05) is 6.07 Å². The summed E-state index contributed by atoms with van der Waals surface area (Å²) in [5.74, 6) is 0.948. The zero-order chi connectivity index (χ0) is 13.2. The Hall–Kier alpha value is -0.650. The Morgan fingerprint density at radius 1 is 1.11 bits per heavy atom. The van der Waals surface area contributed by atoms with Gasteiger partial charge in [-0.05, 0) is 41.9 Å². The number of hydrogen-bond donors (Lipinski definition) is 0. The van der Waals surface area contributed by atoms with E-state index in [1.807, 2.05) is 32.0 Å². The number of hydrogen-bond acceptors (Lipinski definition) is 4. The minimum Gasteiger partial charge on any atom is -0.380 e. The van der Waals surface area contributed by atoms with Gasteiger partial charge in [0.05, 0.1) is 13.2 Å². The molecule has 0 fully saturated rings. The molecule has 0 radical (unpaired) electrons. The molecule has 1 aromatic heterocycles. The summed E-state index contributed by atoms with van der Waals surface area (Å²) in [6, 6.07) is 5.91. The van der Waals surface area contributed by atoms with Crippen LogP contribution >= 0.6 is 15.9 Å². The molecular weight excluding hydrogens is 296 g/mol. The Balaban J connectivity index is 2.57. The molecular formula is C13H21BrN2O2. The number of rotatable bonds is 9. The summed E-state index contributed by atoms with van der Waals surface area (Å²) in [6.45, 7) is 8.54. The molecule has 0 bridgehead atoms. The van der Waals surface area contributed by atoms with E-state index in [0.29, 0.717) is 13.2 Å². The van der Waals surface area contributed by atoms with Crippen LogP contribution in [-0.2, 0) is 9.47 Å². The monoisotopic (exact) mass is 316 g/mol. The molecule has 0 saturated carbocycles. The molecule has 18 heavy (non-hydrogen) atoms. The van der Waals surface area contributed by atoms with Gasteiger partial charge in [0.2, 0.25) is 0 Å². The molecule has 1 rings (SSSR count). The van der Waals surface area contributed by atoms with Crippen LogP contribution in [0.25, 0.3) is 0 Å². The minimum absolute atomic E-state index is 0.705. The minimum atomic E-state index is 0.705. The third kappa shape index (κ3) is 5.80. The van der Waals surface area contributed by atoms with Crippen molar-refractivity contribution in [2.24, 2.45) is 0 Å². The predicted octanol–water partition coefficient (Wildman–Crippen LogP) is 2.72. The van der Waals surface area contributed by atoms with Gasteiger partial charge in [-0.15, -0.1) is 0 Å². The van der Waals surface area contributed by atoms with Gasteiger partial charge in [-0.25, -0.2) is 4.98 Å². The van der Waals surface area contributed by atoms with Crippen LogP contribution in [0.2, 0.25) is 0 Å². The van der Waals surface area contributed by atoms with E-state index >= 15 is 0 Å². The molecule has 0 saturated heterocycles. The molecule has 0 N–H and O–H groups in total. The third-order valence-corrected chi connectivity index (χ3v) is 2.89. The number of nitrogens with zero attached hydrogens (tertiary/aromatic N) is 2.